The number of rotatable bonds is 8. The Kier molecular flexibility index (Phi) is 11.3. The van der Waals surface area contributed by atoms with Crippen LogP contribution >= 0.6 is 0 Å². The molecule has 1 aromatic carbocycles. The van der Waals surface area contributed by atoms with E-state index in [1.54, 1.807) is 6.07 Å². The summed E-state index contributed by atoms with van der Waals surface area (Å²) in [6.07, 6.45) is 3.72. The van der Waals surface area contributed by atoms with Gasteiger partial charge in [-0.05, 0) is 37.2 Å². The van der Waals surface area contributed by atoms with Crippen LogP contribution < -0.4 is 4.74 Å². The van der Waals surface area contributed by atoms with E-state index in [0.29, 0.717) is 18.5 Å². The minimum absolute atomic E-state index is 0.0324. The van der Waals surface area contributed by atoms with Crippen molar-refractivity contribution in [3.05, 3.63) is 53.8 Å². The van der Waals surface area contributed by atoms with Gasteiger partial charge in [0.15, 0.2) is 6.29 Å². The maximum Gasteiger partial charge on any atom is 0.159 e. The Hall–Kier alpha value is -2.62. The number of benzene rings is 1. The van der Waals surface area contributed by atoms with Gasteiger partial charge in [-0.15, -0.1) is 0 Å². The van der Waals surface area contributed by atoms with Crippen molar-refractivity contribution in [2.75, 3.05) is 46.4 Å². The molecule has 0 aliphatic carbocycles. The van der Waals surface area contributed by atoms with Gasteiger partial charge in [-0.25, -0.2) is 0 Å². The van der Waals surface area contributed by atoms with Crippen molar-refractivity contribution in [1.82, 2.24) is 9.80 Å². The lowest BCUT2D eigenvalue weighted by molar-refractivity contribution is -0.104. The number of piperazine rings is 1. The maximum atomic E-state index is 9.70. The van der Waals surface area contributed by atoms with E-state index >= 15 is 0 Å². The first-order valence-electron chi connectivity index (χ1n) is 9.53. The monoisotopic (exact) mass is 385 g/mol. The van der Waals surface area contributed by atoms with Crippen LogP contribution in [0.25, 0.3) is 0 Å². The molecule has 6 heteroatoms. The number of hydrogen-bond donors (Lipinski definition) is 1. The number of aldehydes is 1. The summed E-state index contributed by atoms with van der Waals surface area (Å²) in [6.45, 7) is 11.3. The fourth-order valence-electron chi connectivity index (χ4n) is 2.61. The van der Waals surface area contributed by atoms with Gasteiger partial charge in [0, 0.05) is 39.1 Å². The van der Waals surface area contributed by atoms with E-state index < -0.39 is 0 Å². The normalized spacial score (nSPS) is 15.1. The highest BCUT2D eigenvalue weighted by Gasteiger charge is 2.13. The summed E-state index contributed by atoms with van der Waals surface area (Å²) in [5.74, 6) is 1.34. The molecule has 2 rings (SSSR count). The van der Waals surface area contributed by atoms with E-state index in [0.717, 1.165) is 57.1 Å². The van der Waals surface area contributed by atoms with Crippen molar-refractivity contribution in [2.24, 2.45) is 0 Å². The minimum atomic E-state index is -0.0324. The van der Waals surface area contributed by atoms with Gasteiger partial charge in [0.1, 0.15) is 18.4 Å². The average Bonchev–Trinajstić information content (AvgIpc) is 2.71. The summed E-state index contributed by atoms with van der Waals surface area (Å²) in [5, 5.41) is 17.5. The molecule has 0 radical (unpaired) electrons. The highest BCUT2D eigenvalue weighted by molar-refractivity contribution is 5.77. The van der Waals surface area contributed by atoms with Crippen LogP contribution in [-0.4, -0.2) is 67.6 Å². The van der Waals surface area contributed by atoms with E-state index in [-0.39, 0.29) is 5.57 Å². The molecule has 0 unspecified atom stereocenters. The summed E-state index contributed by atoms with van der Waals surface area (Å²) in [4.78, 5) is 14.2. The number of likely N-dealkylation sites (N-methyl/N-ethyl adjacent to an activating group) is 1. The Morgan fingerprint density at radius 2 is 1.93 bits per heavy atom. The van der Waals surface area contributed by atoms with Gasteiger partial charge in [-0.1, -0.05) is 25.6 Å². The zero-order chi connectivity index (χ0) is 20.8. The molecular formula is C22H31N3O3. The molecule has 0 aromatic heterocycles. The molecule has 28 heavy (non-hydrogen) atoms. The summed E-state index contributed by atoms with van der Waals surface area (Å²) in [7, 11) is 2.17. The molecule has 1 heterocycles. The van der Waals surface area contributed by atoms with Crippen LogP contribution in [0.2, 0.25) is 0 Å². The fourth-order valence-corrected chi connectivity index (χ4v) is 2.61. The quantitative estimate of drug-likeness (QED) is 0.321. The molecule has 1 aliphatic rings. The molecule has 0 saturated carbocycles. The van der Waals surface area contributed by atoms with Crippen LogP contribution in [0.4, 0.5) is 0 Å². The Bertz CT molecular complexity index is 669. The molecule has 1 saturated heterocycles. The molecule has 1 fully saturated rings. The second kappa shape index (κ2) is 13.5. The van der Waals surface area contributed by atoms with Gasteiger partial charge in [0.25, 0.3) is 0 Å². The number of aliphatic hydroxyl groups excluding tert-OH is 1. The first kappa shape index (κ1) is 23.4. The Morgan fingerprint density at radius 1 is 1.29 bits per heavy atom. The van der Waals surface area contributed by atoms with Gasteiger partial charge in [0.2, 0.25) is 0 Å². The lowest BCUT2D eigenvalue weighted by atomic mass is 10.1. The number of allylic oxidation sites excluding steroid dienone is 3. The lowest BCUT2D eigenvalue weighted by Crippen LogP contribution is -2.45. The zero-order valence-electron chi connectivity index (χ0n) is 16.9. The topological polar surface area (TPSA) is 76.8 Å². The van der Waals surface area contributed by atoms with Crippen LogP contribution in [0.15, 0.2) is 48.3 Å². The van der Waals surface area contributed by atoms with Crippen molar-refractivity contribution < 1.29 is 14.6 Å². The van der Waals surface area contributed by atoms with Crippen LogP contribution in [0.5, 0.6) is 5.75 Å². The average molecular weight is 386 g/mol. The second-order valence-corrected chi connectivity index (χ2v) is 6.67. The minimum Gasteiger partial charge on any atom is -0.512 e. The number of ether oxygens (including phenoxy) is 1. The maximum absolute atomic E-state index is 9.70. The van der Waals surface area contributed by atoms with Crippen molar-refractivity contribution >= 4 is 6.29 Å². The smallest absolute Gasteiger partial charge is 0.159 e. The van der Waals surface area contributed by atoms with Crippen LogP contribution in [-0.2, 0) is 11.2 Å². The first-order valence-corrected chi connectivity index (χ1v) is 9.53. The largest absolute Gasteiger partial charge is 0.512 e. The van der Waals surface area contributed by atoms with Gasteiger partial charge in [0.05, 0.1) is 11.3 Å². The fraction of sp³-hybridized carbons (Fsp3) is 0.455. The Balaban J connectivity index is 0.000000568. The Morgan fingerprint density at radius 3 is 2.43 bits per heavy atom. The van der Waals surface area contributed by atoms with Crippen molar-refractivity contribution in [2.45, 2.75) is 19.8 Å². The van der Waals surface area contributed by atoms with Crippen LogP contribution in [0.3, 0.4) is 0 Å². The first-order chi connectivity index (χ1) is 13.5. The predicted molar refractivity (Wildman–Crippen MR) is 111 cm³/mol. The second-order valence-electron chi connectivity index (χ2n) is 6.67. The highest BCUT2D eigenvalue weighted by atomic mass is 16.5. The third-order valence-corrected chi connectivity index (χ3v) is 4.31. The molecule has 0 atom stereocenters. The van der Waals surface area contributed by atoms with E-state index in [1.165, 1.54) is 0 Å². The van der Waals surface area contributed by atoms with Crippen molar-refractivity contribution in [3.8, 4) is 11.8 Å². The lowest BCUT2D eigenvalue weighted by Gasteiger charge is -2.32. The number of aliphatic hydroxyl groups is 1. The van der Waals surface area contributed by atoms with E-state index in [1.807, 2.05) is 37.3 Å². The molecule has 152 valence electrons. The summed E-state index contributed by atoms with van der Waals surface area (Å²) in [6, 6.07) is 9.56. The van der Waals surface area contributed by atoms with Gasteiger partial charge in [-0.3, -0.25) is 9.69 Å². The van der Waals surface area contributed by atoms with Crippen LogP contribution in [0.1, 0.15) is 18.9 Å². The third kappa shape index (κ3) is 9.91. The zero-order valence-corrected chi connectivity index (χ0v) is 16.9. The molecule has 0 amide bonds. The number of carbonyl (C=O) groups is 1. The van der Waals surface area contributed by atoms with Crippen molar-refractivity contribution in [3.63, 3.8) is 0 Å². The summed E-state index contributed by atoms with van der Waals surface area (Å²) in [5.41, 5.74) is 1.07. The SMILES string of the molecule is C=C(C#N)C=O.CC/C=C(\O)Cc1ccc(OCCN2CCN(C)CC2)cc1. The molecule has 1 aliphatic heterocycles. The predicted octanol–water partition coefficient (Wildman–Crippen LogP) is 2.97. The molecule has 0 spiro atoms. The molecule has 0 bridgehead atoms. The third-order valence-electron chi connectivity index (χ3n) is 4.31. The van der Waals surface area contributed by atoms with Crippen LogP contribution in [0, 0.1) is 11.3 Å². The molecule has 1 N–H and O–H groups in total. The standard InChI is InChI=1S/C18H28N2O2.C4H3NO/c1-3-4-17(21)15-16-5-7-18(8-6-16)22-14-13-20-11-9-19(2)10-12-20;1-4(2-5)3-6/h4-8,21H,3,9-15H2,1-2H3;3H,1H2/b17-4-;. The van der Waals surface area contributed by atoms with E-state index in [9.17, 15) is 9.90 Å². The van der Waals surface area contributed by atoms with Gasteiger partial charge < -0.3 is 14.7 Å². The summed E-state index contributed by atoms with van der Waals surface area (Å²) >= 11 is 0. The number of nitrogens with zero attached hydrogens (tertiary/aromatic N) is 3. The Labute approximate surface area is 168 Å². The molecular weight excluding hydrogens is 354 g/mol. The number of carbonyl (C=O) groups excluding carboxylic acids is 1. The summed E-state index contributed by atoms with van der Waals surface area (Å²) < 4.78 is 5.81. The molecule has 1 aromatic rings. The highest BCUT2D eigenvalue weighted by Crippen LogP contribution is 2.14. The number of nitriles is 1. The van der Waals surface area contributed by atoms with E-state index in [2.05, 4.69) is 23.4 Å². The molecule has 6 nitrogen and oxygen atoms in total. The van der Waals surface area contributed by atoms with Crippen molar-refractivity contribution in [1.29, 1.82) is 5.26 Å². The van der Waals surface area contributed by atoms with Gasteiger partial charge >= 0.3 is 0 Å². The number of hydrogen-bond acceptors (Lipinski definition) is 6. The van der Waals surface area contributed by atoms with Gasteiger partial charge in [-0.2, -0.15) is 5.26 Å². The van der Waals surface area contributed by atoms with E-state index in [4.69, 9.17) is 10.00 Å².